The number of nitrogens with one attached hydrogen (secondary N) is 2. The first-order valence-corrected chi connectivity index (χ1v) is 13.4. The fourth-order valence-corrected chi connectivity index (χ4v) is 6.45. The fraction of sp³-hybridized carbons (Fsp3) is 0.318. The molecular weight excluding hydrogens is 510 g/mol. The van der Waals surface area contributed by atoms with E-state index in [4.69, 9.17) is 0 Å². The third kappa shape index (κ3) is 3.75. The average Bonchev–Trinajstić information content (AvgIpc) is 3.32. The van der Waals surface area contributed by atoms with Gasteiger partial charge < -0.3 is 5.32 Å². The van der Waals surface area contributed by atoms with Crippen molar-refractivity contribution in [2.24, 2.45) is 0 Å². The van der Waals surface area contributed by atoms with Gasteiger partial charge in [-0.1, -0.05) is 23.5 Å². The molecule has 0 unspecified atom stereocenters. The summed E-state index contributed by atoms with van der Waals surface area (Å²) < 4.78 is 56.9. The Morgan fingerprint density at radius 3 is 2.75 bits per heavy atom. The summed E-state index contributed by atoms with van der Waals surface area (Å²) in [6.45, 7) is 1.46. The van der Waals surface area contributed by atoms with Crippen LogP contribution in [0.2, 0.25) is 0 Å². The molecule has 1 aromatic carbocycles. The second kappa shape index (κ2) is 8.34. The summed E-state index contributed by atoms with van der Waals surface area (Å²) in [4.78, 5) is 8.89. The van der Waals surface area contributed by atoms with E-state index in [2.05, 4.69) is 30.2 Å². The maximum absolute atomic E-state index is 13.3. The highest BCUT2D eigenvalue weighted by Gasteiger charge is 2.46. The number of benzene rings is 1. The smallest absolute Gasteiger partial charge is 0.291 e. The maximum Gasteiger partial charge on any atom is 0.291 e. The molecule has 184 valence electrons. The molecule has 2 aliphatic rings. The Bertz CT molecular complexity index is 1700. The molecule has 36 heavy (non-hydrogen) atoms. The predicted octanol–water partition coefficient (Wildman–Crippen LogP) is 3.07. The number of hydrogen-bond acceptors (Lipinski definition) is 9. The SMILES string of the molecule is N#CC1(NS(=O)(=O)c2ccc3c4c(C5=CCNCC5)ncnc4n(-c4nnc(C(F)F)s4)c3c2)CC1. The predicted molar refractivity (Wildman–Crippen MR) is 128 cm³/mol. The zero-order valence-corrected chi connectivity index (χ0v) is 20.2. The summed E-state index contributed by atoms with van der Waals surface area (Å²) in [6.07, 6.45) is 2.25. The lowest BCUT2D eigenvalue weighted by Gasteiger charge is -2.14. The molecule has 0 bridgehead atoms. The summed E-state index contributed by atoms with van der Waals surface area (Å²) >= 11 is 0.704. The molecule has 4 heterocycles. The molecule has 14 heteroatoms. The van der Waals surface area contributed by atoms with Gasteiger partial charge in [-0.15, -0.1) is 10.2 Å². The van der Waals surface area contributed by atoms with E-state index in [1.165, 1.54) is 23.0 Å². The fourth-order valence-electron chi connectivity index (χ4n) is 4.34. The molecule has 0 radical (unpaired) electrons. The lowest BCUT2D eigenvalue weighted by molar-refractivity contribution is 0.150. The van der Waals surface area contributed by atoms with Crippen LogP contribution >= 0.6 is 11.3 Å². The van der Waals surface area contributed by atoms with Crippen molar-refractivity contribution in [3.63, 3.8) is 0 Å². The third-order valence-electron chi connectivity index (χ3n) is 6.30. The van der Waals surface area contributed by atoms with Crippen molar-refractivity contribution in [2.75, 3.05) is 13.1 Å². The average molecular weight is 529 g/mol. The van der Waals surface area contributed by atoms with Crippen molar-refractivity contribution < 1.29 is 17.2 Å². The number of nitriles is 1. The summed E-state index contributed by atoms with van der Waals surface area (Å²) in [6, 6.07) is 6.57. The van der Waals surface area contributed by atoms with Crippen molar-refractivity contribution in [3.05, 3.63) is 41.3 Å². The number of aromatic nitrogens is 5. The first-order valence-electron chi connectivity index (χ1n) is 11.1. The Balaban J connectivity index is 1.62. The van der Waals surface area contributed by atoms with Gasteiger partial charge in [0, 0.05) is 11.9 Å². The topological polar surface area (TPSA) is 138 Å². The number of alkyl halides is 2. The number of nitrogens with zero attached hydrogens (tertiary/aromatic N) is 6. The highest BCUT2D eigenvalue weighted by molar-refractivity contribution is 7.89. The van der Waals surface area contributed by atoms with Gasteiger partial charge in [-0.05, 0) is 43.5 Å². The molecule has 1 fully saturated rings. The molecule has 0 atom stereocenters. The normalized spacial score (nSPS) is 17.4. The molecule has 1 aliphatic heterocycles. The zero-order valence-electron chi connectivity index (χ0n) is 18.6. The summed E-state index contributed by atoms with van der Waals surface area (Å²) in [7, 11) is -4.03. The molecule has 4 aromatic rings. The van der Waals surface area contributed by atoms with Gasteiger partial charge in [-0.3, -0.25) is 4.57 Å². The Kier molecular flexibility index (Phi) is 5.34. The van der Waals surface area contributed by atoms with Crippen molar-refractivity contribution in [2.45, 2.75) is 36.1 Å². The van der Waals surface area contributed by atoms with E-state index in [-0.39, 0.29) is 10.0 Å². The van der Waals surface area contributed by atoms with E-state index in [1.807, 2.05) is 12.1 Å². The lowest BCUT2D eigenvalue weighted by atomic mass is 10.0. The summed E-state index contributed by atoms with van der Waals surface area (Å²) in [5.74, 6) is 0. The van der Waals surface area contributed by atoms with Crippen LogP contribution in [0.3, 0.4) is 0 Å². The van der Waals surface area contributed by atoms with Gasteiger partial charge in [0.15, 0.2) is 10.7 Å². The first-order chi connectivity index (χ1) is 17.3. The number of sulfonamides is 1. The second-order valence-corrected chi connectivity index (χ2v) is 11.3. The minimum absolute atomic E-state index is 0.0604. The largest absolute Gasteiger partial charge is 0.313 e. The van der Waals surface area contributed by atoms with Crippen LogP contribution in [-0.4, -0.2) is 51.8 Å². The summed E-state index contributed by atoms with van der Waals surface area (Å²) in [5, 5.41) is 21.2. The minimum atomic E-state index is -4.03. The van der Waals surface area contributed by atoms with Gasteiger partial charge in [-0.2, -0.15) is 9.98 Å². The van der Waals surface area contributed by atoms with Gasteiger partial charge in [0.1, 0.15) is 11.9 Å². The minimum Gasteiger partial charge on any atom is -0.313 e. The van der Waals surface area contributed by atoms with E-state index in [0.29, 0.717) is 58.4 Å². The Morgan fingerprint density at radius 2 is 2.08 bits per heavy atom. The lowest BCUT2D eigenvalue weighted by Crippen LogP contribution is -2.35. The van der Waals surface area contributed by atoms with E-state index in [1.54, 1.807) is 6.07 Å². The van der Waals surface area contributed by atoms with Crippen LogP contribution in [0.4, 0.5) is 8.78 Å². The number of fused-ring (bicyclic) bond motifs is 3. The second-order valence-electron chi connectivity index (χ2n) is 8.64. The van der Waals surface area contributed by atoms with Crippen LogP contribution in [0.5, 0.6) is 0 Å². The molecule has 10 nitrogen and oxygen atoms in total. The Labute approximate surface area is 207 Å². The molecule has 3 aromatic heterocycles. The monoisotopic (exact) mass is 528 g/mol. The third-order valence-corrected chi connectivity index (χ3v) is 8.75. The van der Waals surface area contributed by atoms with Crippen molar-refractivity contribution in [1.29, 1.82) is 5.26 Å². The Hall–Kier alpha value is -3.38. The quantitative estimate of drug-likeness (QED) is 0.389. The van der Waals surface area contributed by atoms with Crippen molar-refractivity contribution >= 4 is 48.9 Å². The molecule has 0 saturated heterocycles. The van der Waals surface area contributed by atoms with E-state index in [0.717, 1.165) is 18.5 Å². The van der Waals surface area contributed by atoms with Crippen LogP contribution in [0, 0.1) is 11.3 Å². The molecule has 1 aliphatic carbocycles. The molecule has 2 N–H and O–H groups in total. The van der Waals surface area contributed by atoms with Crippen LogP contribution in [-0.2, 0) is 10.0 Å². The standard InChI is InChI=1S/C22H18F2N8O2S2/c23-18(24)20-29-30-21(35-20)32-15-9-13(36(33,34)31-22(10-25)5-6-22)1-2-14(15)16-17(27-11-28-19(16)32)12-3-7-26-8-4-12/h1-3,9,11,18,26,31H,4-8H2. The highest BCUT2D eigenvalue weighted by Crippen LogP contribution is 2.39. The Morgan fingerprint density at radius 1 is 1.25 bits per heavy atom. The van der Waals surface area contributed by atoms with E-state index >= 15 is 0 Å². The van der Waals surface area contributed by atoms with Gasteiger partial charge in [-0.25, -0.2) is 27.2 Å². The summed E-state index contributed by atoms with van der Waals surface area (Å²) in [5.41, 5.74) is 1.42. The first kappa shape index (κ1) is 23.0. The molecular formula is C22H18F2N8O2S2. The van der Waals surface area contributed by atoms with Crippen molar-refractivity contribution in [1.82, 2.24) is 34.8 Å². The number of halogens is 2. The van der Waals surface area contributed by atoms with Crippen LogP contribution < -0.4 is 10.0 Å². The maximum atomic E-state index is 13.3. The van der Waals surface area contributed by atoms with Crippen molar-refractivity contribution in [3.8, 4) is 11.2 Å². The van der Waals surface area contributed by atoms with E-state index in [9.17, 15) is 22.5 Å². The molecule has 0 spiro atoms. The molecule has 6 rings (SSSR count). The highest BCUT2D eigenvalue weighted by atomic mass is 32.2. The van der Waals surface area contributed by atoms with Gasteiger partial charge in [0.2, 0.25) is 15.2 Å². The van der Waals surface area contributed by atoms with Crippen LogP contribution in [0.25, 0.3) is 32.6 Å². The van der Waals surface area contributed by atoms with Gasteiger partial charge >= 0.3 is 0 Å². The van der Waals surface area contributed by atoms with E-state index < -0.39 is 27.0 Å². The number of hydrogen-bond donors (Lipinski definition) is 2. The molecule has 1 saturated carbocycles. The zero-order chi connectivity index (χ0) is 25.1. The number of rotatable bonds is 6. The van der Waals surface area contributed by atoms with Gasteiger partial charge in [0.25, 0.3) is 6.43 Å². The molecule has 0 amide bonds. The van der Waals surface area contributed by atoms with Crippen LogP contribution in [0.15, 0.2) is 35.5 Å². The van der Waals surface area contributed by atoms with Gasteiger partial charge in [0.05, 0.1) is 27.6 Å². The van der Waals surface area contributed by atoms with Crippen LogP contribution in [0.1, 0.15) is 36.4 Å².